The number of carbonyl (C=O) groups is 2. The van der Waals surface area contributed by atoms with Gasteiger partial charge in [0.1, 0.15) is 0 Å². The Labute approximate surface area is 153 Å². The molecular formula is C20H25N3O3. The monoisotopic (exact) mass is 355 g/mol. The Morgan fingerprint density at radius 1 is 1.23 bits per heavy atom. The van der Waals surface area contributed by atoms with E-state index in [1.165, 1.54) is 24.7 Å². The summed E-state index contributed by atoms with van der Waals surface area (Å²) in [6.45, 7) is 5.44. The van der Waals surface area contributed by atoms with Gasteiger partial charge in [0.05, 0.1) is 12.8 Å². The molecule has 3 rings (SSSR count). The number of carbonyl (C=O) groups excluding carboxylic acids is 2. The number of nitrogens with zero attached hydrogens (tertiary/aromatic N) is 1. The number of furan rings is 1. The zero-order chi connectivity index (χ0) is 18.4. The van der Waals surface area contributed by atoms with Crippen molar-refractivity contribution in [3.8, 4) is 0 Å². The quantitative estimate of drug-likeness (QED) is 0.836. The van der Waals surface area contributed by atoms with Crippen molar-refractivity contribution >= 4 is 17.5 Å². The van der Waals surface area contributed by atoms with Crippen molar-refractivity contribution in [2.75, 3.05) is 25.0 Å². The molecule has 0 spiro atoms. The van der Waals surface area contributed by atoms with Gasteiger partial charge in [-0.25, -0.2) is 0 Å². The Balaban J connectivity index is 1.44. The van der Waals surface area contributed by atoms with E-state index in [-0.39, 0.29) is 18.2 Å². The normalized spacial score (nSPS) is 17.7. The van der Waals surface area contributed by atoms with Crippen LogP contribution >= 0.6 is 0 Å². The molecule has 1 fully saturated rings. The van der Waals surface area contributed by atoms with E-state index in [1.54, 1.807) is 12.1 Å². The number of amides is 2. The molecule has 6 heteroatoms. The van der Waals surface area contributed by atoms with Crippen molar-refractivity contribution in [2.45, 2.75) is 26.3 Å². The summed E-state index contributed by atoms with van der Waals surface area (Å²) in [6, 6.07) is 11.0. The first-order chi connectivity index (χ1) is 12.6. The highest BCUT2D eigenvalue weighted by atomic mass is 16.3. The maximum absolute atomic E-state index is 12.0. The third-order valence-corrected chi connectivity index (χ3v) is 4.54. The molecule has 0 saturated carbocycles. The molecule has 138 valence electrons. The van der Waals surface area contributed by atoms with E-state index in [0.717, 1.165) is 31.2 Å². The lowest BCUT2D eigenvalue weighted by Gasteiger charge is -2.30. The third-order valence-electron chi connectivity index (χ3n) is 4.54. The van der Waals surface area contributed by atoms with E-state index < -0.39 is 5.91 Å². The highest BCUT2D eigenvalue weighted by Crippen LogP contribution is 2.18. The van der Waals surface area contributed by atoms with Crippen LogP contribution in [0.1, 0.15) is 35.9 Å². The molecule has 1 aliphatic rings. The minimum Gasteiger partial charge on any atom is -0.459 e. The number of rotatable bonds is 6. The smallest absolute Gasteiger partial charge is 0.287 e. The topological polar surface area (TPSA) is 74.6 Å². The molecule has 26 heavy (non-hydrogen) atoms. The third kappa shape index (κ3) is 5.20. The van der Waals surface area contributed by atoms with Crippen LogP contribution in [0, 0.1) is 5.92 Å². The van der Waals surface area contributed by atoms with Gasteiger partial charge in [-0.3, -0.25) is 14.5 Å². The van der Waals surface area contributed by atoms with Crippen LogP contribution < -0.4 is 10.6 Å². The fourth-order valence-corrected chi connectivity index (χ4v) is 3.24. The largest absolute Gasteiger partial charge is 0.459 e. The van der Waals surface area contributed by atoms with Crippen molar-refractivity contribution in [1.82, 2.24) is 10.2 Å². The second-order valence-corrected chi connectivity index (χ2v) is 6.89. The maximum Gasteiger partial charge on any atom is 0.287 e. The summed E-state index contributed by atoms with van der Waals surface area (Å²) in [6.07, 6.45) is 4.00. The average Bonchev–Trinajstić information content (AvgIpc) is 3.16. The van der Waals surface area contributed by atoms with Crippen LogP contribution in [0.2, 0.25) is 0 Å². The summed E-state index contributed by atoms with van der Waals surface area (Å²) in [7, 11) is 0. The first-order valence-electron chi connectivity index (χ1n) is 9.03. The molecule has 2 N–H and O–H groups in total. The van der Waals surface area contributed by atoms with Crippen molar-refractivity contribution in [3.05, 3.63) is 54.0 Å². The second kappa shape index (κ2) is 8.67. The summed E-state index contributed by atoms with van der Waals surface area (Å²) in [5, 5.41) is 5.31. The molecule has 1 atom stereocenters. The molecular weight excluding hydrogens is 330 g/mol. The molecule has 1 unspecified atom stereocenters. The van der Waals surface area contributed by atoms with Gasteiger partial charge in [-0.05, 0) is 55.1 Å². The van der Waals surface area contributed by atoms with Gasteiger partial charge in [-0.2, -0.15) is 0 Å². The Morgan fingerprint density at radius 2 is 2.04 bits per heavy atom. The van der Waals surface area contributed by atoms with Crippen LogP contribution in [0.25, 0.3) is 0 Å². The van der Waals surface area contributed by atoms with Crippen molar-refractivity contribution in [3.63, 3.8) is 0 Å². The Morgan fingerprint density at radius 3 is 2.73 bits per heavy atom. The van der Waals surface area contributed by atoms with Gasteiger partial charge < -0.3 is 15.1 Å². The Bertz CT molecular complexity index is 725. The van der Waals surface area contributed by atoms with Gasteiger partial charge >= 0.3 is 0 Å². The van der Waals surface area contributed by atoms with Gasteiger partial charge in [-0.15, -0.1) is 0 Å². The zero-order valence-corrected chi connectivity index (χ0v) is 15.0. The van der Waals surface area contributed by atoms with E-state index in [9.17, 15) is 9.59 Å². The molecule has 1 aromatic heterocycles. The highest BCUT2D eigenvalue weighted by molar-refractivity contribution is 5.97. The molecule has 0 radical (unpaired) electrons. The Hall–Kier alpha value is -2.60. The fourth-order valence-electron chi connectivity index (χ4n) is 3.24. The fraction of sp³-hybridized carbons (Fsp3) is 0.400. The molecule has 1 saturated heterocycles. The minimum absolute atomic E-state index is 0.104. The standard InChI is InChI=1S/C20H25N3O3/c1-15-4-2-10-23(13-15)14-16-6-8-17(9-7-16)22-19(24)12-21-20(25)18-5-3-11-26-18/h3,5-9,11,15H,2,4,10,12-14H2,1H3,(H,21,25)(H,22,24). The average molecular weight is 355 g/mol. The summed E-state index contributed by atoms with van der Waals surface area (Å²) in [5.41, 5.74) is 1.96. The number of anilines is 1. The lowest BCUT2D eigenvalue weighted by Crippen LogP contribution is -2.33. The van der Waals surface area contributed by atoms with E-state index in [1.807, 2.05) is 24.3 Å². The number of benzene rings is 1. The second-order valence-electron chi connectivity index (χ2n) is 6.89. The predicted molar refractivity (Wildman–Crippen MR) is 99.8 cm³/mol. The summed E-state index contributed by atoms with van der Waals surface area (Å²) in [5.74, 6) is 0.270. The predicted octanol–water partition coefficient (Wildman–Crippen LogP) is 2.88. The molecule has 0 aliphatic carbocycles. The van der Waals surface area contributed by atoms with Crippen molar-refractivity contribution in [1.29, 1.82) is 0 Å². The highest BCUT2D eigenvalue weighted by Gasteiger charge is 2.16. The SMILES string of the molecule is CC1CCCN(Cc2ccc(NC(=O)CNC(=O)c3ccco3)cc2)C1. The van der Waals surface area contributed by atoms with Crippen LogP contribution in [0.3, 0.4) is 0 Å². The lowest BCUT2D eigenvalue weighted by atomic mass is 10.00. The summed E-state index contributed by atoms with van der Waals surface area (Å²) < 4.78 is 4.98. The Kier molecular flexibility index (Phi) is 6.07. The van der Waals surface area contributed by atoms with E-state index in [2.05, 4.69) is 22.5 Å². The first-order valence-corrected chi connectivity index (χ1v) is 9.03. The molecule has 6 nitrogen and oxygen atoms in total. The number of piperidine rings is 1. The van der Waals surface area contributed by atoms with Gasteiger partial charge in [0, 0.05) is 18.8 Å². The minimum atomic E-state index is -0.406. The molecule has 1 aliphatic heterocycles. The van der Waals surface area contributed by atoms with Crippen molar-refractivity contribution in [2.24, 2.45) is 5.92 Å². The first kappa shape index (κ1) is 18.2. The number of nitrogens with one attached hydrogen (secondary N) is 2. The van der Waals surface area contributed by atoms with Crippen LogP contribution in [0.5, 0.6) is 0 Å². The molecule has 2 amide bonds. The van der Waals surface area contributed by atoms with Crippen LogP contribution in [-0.4, -0.2) is 36.3 Å². The van der Waals surface area contributed by atoms with Crippen LogP contribution in [-0.2, 0) is 11.3 Å². The molecule has 2 aromatic rings. The summed E-state index contributed by atoms with van der Waals surface area (Å²) >= 11 is 0. The van der Waals surface area contributed by atoms with Gasteiger partial charge in [-0.1, -0.05) is 19.1 Å². The van der Waals surface area contributed by atoms with Gasteiger partial charge in [0.25, 0.3) is 5.91 Å². The van der Waals surface area contributed by atoms with E-state index in [0.29, 0.717) is 0 Å². The molecule has 2 heterocycles. The molecule has 0 bridgehead atoms. The number of hydrogen-bond acceptors (Lipinski definition) is 4. The van der Waals surface area contributed by atoms with E-state index in [4.69, 9.17) is 4.42 Å². The zero-order valence-electron chi connectivity index (χ0n) is 15.0. The van der Waals surface area contributed by atoms with Crippen LogP contribution in [0.15, 0.2) is 47.1 Å². The number of likely N-dealkylation sites (tertiary alicyclic amines) is 1. The van der Waals surface area contributed by atoms with Crippen molar-refractivity contribution < 1.29 is 14.0 Å². The van der Waals surface area contributed by atoms with Crippen LogP contribution in [0.4, 0.5) is 5.69 Å². The van der Waals surface area contributed by atoms with Gasteiger partial charge in [0.2, 0.25) is 5.91 Å². The van der Waals surface area contributed by atoms with Gasteiger partial charge in [0.15, 0.2) is 5.76 Å². The maximum atomic E-state index is 12.0. The number of hydrogen-bond donors (Lipinski definition) is 2. The van der Waals surface area contributed by atoms with E-state index >= 15 is 0 Å². The summed E-state index contributed by atoms with van der Waals surface area (Å²) in [4.78, 5) is 26.2. The molecule has 1 aromatic carbocycles. The lowest BCUT2D eigenvalue weighted by molar-refractivity contribution is -0.115.